The van der Waals surface area contributed by atoms with Gasteiger partial charge in [0.25, 0.3) is 11.9 Å². The number of hydrogen-bond donors (Lipinski definition) is 12. The van der Waals surface area contributed by atoms with Crippen LogP contribution in [0.25, 0.3) is 0 Å². The van der Waals surface area contributed by atoms with E-state index in [0.717, 1.165) is 36.8 Å². The number of rotatable bonds is 19. The molecule has 0 aromatic heterocycles. The topological polar surface area (TPSA) is 314 Å². The number of aliphatic carboxylic acids is 3. The number of Topliss-reactive ketones (excluding diaryl/α,β-unsaturated/α-hetero) is 1. The van der Waals surface area contributed by atoms with Crippen LogP contribution in [0.3, 0.4) is 0 Å². The van der Waals surface area contributed by atoms with Gasteiger partial charge in [-0.15, -0.1) is 23.2 Å². The second-order valence-corrected chi connectivity index (χ2v) is 13.4. The van der Waals surface area contributed by atoms with Crippen molar-refractivity contribution in [1.29, 1.82) is 0 Å². The van der Waals surface area contributed by atoms with E-state index in [0.29, 0.717) is 12.8 Å². The predicted molar refractivity (Wildman–Crippen MR) is 235 cm³/mol. The van der Waals surface area contributed by atoms with Gasteiger partial charge < -0.3 is 86.0 Å². The van der Waals surface area contributed by atoms with Gasteiger partial charge in [0, 0.05) is 74.3 Å². The molecule has 2 rings (SSSR count). The summed E-state index contributed by atoms with van der Waals surface area (Å²) in [7, 11) is -1.28. The fraction of sp³-hybridized carbons (Fsp3) is 0.439. The summed E-state index contributed by atoms with van der Waals surface area (Å²) < 4.78 is 0. The molecule has 0 bridgehead atoms. The largest absolute Gasteiger partial charge is 0.560 e. The van der Waals surface area contributed by atoms with Gasteiger partial charge in [-0.3, -0.25) is 9.59 Å². The van der Waals surface area contributed by atoms with Crippen molar-refractivity contribution in [2.24, 2.45) is 11.5 Å². The zero-order valence-corrected chi connectivity index (χ0v) is 46.1. The average Bonchev–Trinajstić information content (AvgIpc) is 3.21. The first kappa shape index (κ1) is 75.5. The molecule has 0 saturated carbocycles. The molecular formula is C41H65BCl2N3O13W3-3. The molecule has 0 spiro atoms. The number of ketones is 1. The summed E-state index contributed by atoms with van der Waals surface area (Å²) in [4.78, 5) is 40.7. The molecule has 6 atom stereocenters. The number of nitrogens with two attached hydrogens (primary N) is 2. The van der Waals surface area contributed by atoms with Crippen LogP contribution < -0.4 is 16.8 Å². The molecule has 0 radical (unpaired) electrons. The Bertz CT molecular complexity index is 1470. The quantitative estimate of drug-likeness (QED) is 0.0316. The fourth-order valence-corrected chi connectivity index (χ4v) is 3.98. The first-order chi connectivity index (χ1) is 28.0. The average molecular weight is 1440 g/mol. The Balaban J connectivity index is -0.000000128. The van der Waals surface area contributed by atoms with Crippen molar-refractivity contribution in [3.05, 3.63) is 117 Å². The van der Waals surface area contributed by atoms with Crippen LogP contribution in [0.2, 0.25) is 0 Å². The Morgan fingerprint density at radius 1 is 0.778 bits per heavy atom. The maximum Gasteiger partial charge on any atom is 0.480 e. The second kappa shape index (κ2) is 46.7. The minimum Gasteiger partial charge on any atom is -0.560 e. The van der Waals surface area contributed by atoms with Crippen LogP contribution in [0.15, 0.2) is 84.9 Å². The molecule has 0 aliphatic heterocycles. The molecule has 360 valence electrons. The number of aliphatic hydroxyl groups is 4. The molecule has 2 aromatic carbocycles. The van der Waals surface area contributed by atoms with E-state index in [9.17, 15) is 39.6 Å². The van der Waals surface area contributed by atoms with Gasteiger partial charge in [-0.1, -0.05) is 125 Å². The van der Waals surface area contributed by atoms with Crippen molar-refractivity contribution in [1.82, 2.24) is 5.32 Å². The number of unbranched alkanes of at least 4 members (excludes halogenated alkanes) is 2. The van der Waals surface area contributed by atoms with Crippen molar-refractivity contribution in [3.8, 4) is 0 Å². The van der Waals surface area contributed by atoms with Crippen LogP contribution in [-0.4, -0.2) is 118 Å². The zero-order valence-electron chi connectivity index (χ0n) is 35.7. The third kappa shape index (κ3) is 40.2. The minimum absolute atomic E-state index is 0. The monoisotopic (exact) mass is 1440 g/mol. The molecule has 0 fully saturated rings. The number of alkyl halides is 2. The first-order valence-corrected chi connectivity index (χ1v) is 19.7. The summed E-state index contributed by atoms with van der Waals surface area (Å²) in [6, 6.07) is 18.1. The number of nitrogens with one attached hydrogen (secondary N) is 1. The third-order valence-corrected chi connectivity index (χ3v) is 7.36. The van der Waals surface area contributed by atoms with Crippen molar-refractivity contribution < 1.29 is 128 Å². The van der Waals surface area contributed by atoms with E-state index in [1.54, 1.807) is 25.2 Å². The SMILES string of the molecule is CCC/C=C/B(O)O.ClCCl.NC(CO)c1ccccc1.[CH2-]C(/C=C/CCC)(NC(CO)c1ccccc1)C(=O)O.[CH2-]C(=O)C(=O)O.[CH2-]C(N)(C(=O)O)[C@H](O)[C@@H](O)CCC.[W].[W].[W]. The van der Waals surface area contributed by atoms with Crippen molar-refractivity contribution in [3.63, 3.8) is 0 Å². The molecule has 16 nitrogen and oxygen atoms in total. The van der Waals surface area contributed by atoms with Gasteiger partial charge in [0.2, 0.25) is 5.97 Å². The minimum atomic E-state index is -2.05. The van der Waals surface area contributed by atoms with Crippen LogP contribution in [0.5, 0.6) is 0 Å². The van der Waals surface area contributed by atoms with E-state index in [1.165, 1.54) is 5.98 Å². The zero-order chi connectivity index (χ0) is 47.3. The fourth-order valence-electron chi connectivity index (χ4n) is 3.98. The van der Waals surface area contributed by atoms with Gasteiger partial charge in [-0.05, 0) is 30.4 Å². The molecular weight excluding hydrogens is 1380 g/mol. The molecule has 22 heteroatoms. The second-order valence-electron chi connectivity index (χ2n) is 12.6. The van der Waals surface area contributed by atoms with Gasteiger partial charge >= 0.3 is 7.12 Å². The summed E-state index contributed by atoms with van der Waals surface area (Å²) in [6.45, 7) is 15.1. The molecule has 0 amide bonds. The maximum absolute atomic E-state index is 11.4. The molecule has 14 N–H and O–H groups in total. The van der Waals surface area contributed by atoms with E-state index in [-0.39, 0.29) is 87.8 Å². The van der Waals surface area contributed by atoms with Gasteiger partial charge in [0.05, 0.1) is 48.6 Å². The Kier molecular flexibility index (Phi) is 56.0. The van der Waals surface area contributed by atoms with Gasteiger partial charge in [-0.2, -0.15) is 6.92 Å². The number of hydrogen-bond acceptors (Lipinski definition) is 13. The Hall–Kier alpha value is -1.78. The molecule has 2 aromatic rings. The van der Waals surface area contributed by atoms with Gasteiger partial charge in [-0.25, -0.2) is 0 Å². The number of benzene rings is 2. The van der Waals surface area contributed by atoms with Crippen molar-refractivity contribution in [2.75, 3.05) is 18.6 Å². The first-order valence-electron chi connectivity index (χ1n) is 18.6. The van der Waals surface area contributed by atoms with Crippen LogP contribution in [0.1, 0.15) is 82.5 Å². The van der Waals surface area contributed by atoms with Crippen LogP contribution >= 0.6 is 23.2 Å². The number of carboxylic acids is 3. The molecule has 63 heavy (non-hydrogen) atoms. The Morgan fingerprint density at radius 3 is 1.51 bits per heavy atom. The number of carbonyl (C=O) groups excluding carboxylic acids is 1. The van der Waals surface area contributed by atoms with E-state index in [4.69, 9.17) is 60.0 Å². The molecule has 0 aliphatic carbocycles. The molecule has 0 aliphatic rings. The van der Waals surface area contributed by atoms with Crippen LogP contribution in [-0.2, 0) is 82.4 Å². The number of carboxylic acid groups (broad SMARTS) is 3. The standard InChI is InChI=1S/C16H22NO3.C8H16NO4.C8H11NO.C5H11BO2.C3H3O3.CH2Cl2.3W/c1-3-4-8-11-16(2,15(19)20)17-14(12-18)13-9-6-5-7-10-13;1-3-4-5(10)6(11)8(2,9)7(12)13;9-8(6-10)7-4-2-1-3-5-7;1-2-3-4-5-6(7)8;1-2(4)3(5)6;2-1-3;;;/h5-11,14,17-18H,2-4,12H2,1H3,(H,19,20);5-6,10-11H,2-4,9H2,1H3,(H,12,13);1-5,8,10H,6,9H2;4-5,7-8H,2-3H2,1H3;1H2,(H,5,6);1H2;;;/q2*-1;;;-1;;;;/b11-8+;;;5-4+;;;;;/t;5-,6+,8?;;;;;;;/m.0......./s1. The molecule has 0 heterocycles. The van der Waals surface area contributed by atoms with E-state index in [1.807, 2.05) is 74.5 Å². The Labute approximate surface area is 425 Å². The van der Waals surface area contributed by atoms with E-state index in [2.05, 4.69) is 26.1 Å². The third-order valence-electron chi connectivity index (χ3n) is 7.36. The summed E-state index contributed by atoms with van der Waals surface area (Å²) in [5, 5.41) is 81.9. The van der Waals surface area contributed by atoms with Gasteiger partial charge in [0.15, 0.2) is 0 Å². The number of aliphatic hydroxyl groups excluding tert-OH is 4. The summed E-state index contributed by atoms with van der Waals surface area (Å²) >= 11 is 9.53. The maximum atomic E-state index is 11.4. The summed E-state index contributed by atoms with van der Waals surface area (Å²) in [6.07, 6.45) is 7.02. The van der Waals surface area contributed by atoms with E-state index >= 15 is 0 Å². The Morgan fingerprint density at radius 2 is 1.19 bits per heavy atom. The van der Waals surface area contributed by atoms with Gasteiger partial charge in [0.1, 0.15) is 0 Å². The number of allylic oxidation sites excluding steroid dienone is 2. The van der Waals surface area contributed by atoms with E-state index < -0.39 is 60.1 Å². The van der Waals surface area contributed by atoms with Crippen LogP contribution in [0, 0.1) is 20.8 Å². The van der Waals surface area contributed by atoms with Crippen molar-refractivity contribution >= 4 is 54.0 Å². The van der Waals surface area contributed by atoms with Crippen LogP contribution in [0.4, 0.5) is 0 Å². The number of carbonyl (C=O) groups is 4. The number of halogens is 2. The normalized spacial score (nSPS) is 13.6. The molecule has 0 saturated heterocycles. The van der Waals surface area contributed by atoms with Crippen molar-refractivity contribution in [2.45, 2.75) is 94.7 Å². The predicted octanol–water partition coefficient (Wildman–Crippen LogP) is 3.37. The summed E-state index contributed by atoms with van der Waals surface area (Å²) in [5.41, 5.74) is 9.07. The summed E-state index contributed by atoms with van der Waals surface area (Å²) in [5.74, 6) is -3.71. The smallest absolute Gasteiger partial charge is 0.480 e. The molecule has 4 unspecified atom stereocenters.